The molecule has 21 heavy (non-hydrogen) atoms. The van der Waals surface area contributed by atoms with Gasteiger partial charge in [-0.2, -0.15) is 0 Å². The number of fused-ring (bicyclic) bond motifs is 3. The average Bonchev–Trinajstić information content (AvgIpc) is 2.43. The van der Waals surface area contributed by atoms with Gasteiger partial charge in [0, 0.05) is 11.0 Å². The minimum atomic E-state index is -0.501. The van der Waals surface area contributed by atoms with E-state index in [1.807, 2.05) is 0 Å². The van der Waals surface area contributed by atoms with Gasteiger partial charge in [0.25, 0.3) is 0 Å². The molecular formula is C18H31NO2. The topological polar surface area (TPSA) is 66.5 Å². The van der Waals surface area contributed by atoms with E-state index in [2.05, 4.69) is 13.8 Å². The van der Waals surface area contributed by atoms with E-state index in [4.69, 9.17) is 5.73 Å². The van der Waals surface area contributed by atoms with E-state index < -0.39 is 12.2 Å². The lowest BCUT2D eigenvalue weighted by molar-refractivity contribution is -0.250. The highest BCUT2D eigenvalue weighted by Crippen LogP contribution is 2.69. The third-order valence-corrected chi connectivity index (χ3v) is 8.33. The van der Waals surface area contributed by atoms with Gasteiger partial charge in [0.1, 0.15) is 0 Å². The summed E-state index contributed by atoms with van der Waals surface area (Å²) in [5.74, 6) is 1.45. The van der Waals surface area contributed by atoms with Crippen LogP contribution in [0, 0.1) is 28.6 Å². The third-order valence-electron chi connectivity index (χ3n) is 8.33. The highest BCUT2D eigenvalue weighted by atomic mass is 16.3. The summed E-state index contributed by atoms with van der Waals surface area (Å²) < 4.78 is 0. The van der Waals surface area contributed by atoms with Gasteiger partial charge in [-0.1, -0.05) is 13.3 Å². The summed E-state index contributed by atoms with van der Waals surface area (Å²) in [6.07, 6.45) is 8.16. The minimum Gasteiger partial charge on any atom is -0.390 e. The second kappa shape index (κ2) is 4.24. The Balaban J connectivity index is 1.76. The summed E-state index contributed by atoms with van der Waals surface area (Å²) in [5, 5.41) is 21.2. The molecule has 0 aliphatic heterocycles. The van der Waals surface area contributed by atoms with E-state index in [1.54, 1.807) is 0 Å². The maximum absolute atomic E-state index is 10.8. The molecule has 120 valence electrons. The Morgan fingerprint density at radius 3 is 2.43 bits per heavy atom. The van der Waals surface area contributed by atoms with Crippen LogP contribution in [-0.4, -0.2) is 28.0 Å². The van der Waals surface area contributed by atoms with Crippen LogP contribution in [0.1, 0.15) is 65.2 Å². The molecule has 0 aromatic heterocycles. The fourth-order valence-corrected chi connectivity index (χ4v) is 7.36. The summed E-state index contributed by atoms with van der Waals surface area (Å²) in [5.41, 5.74) is 6.88. The van der Waals surface area contributed by atoms with Gasteiger partial charge in [-0.15, -0.1) is 0 Å². The molecule has 1 spiro atoms. The van der Waals surface area contributed by atoms with E-state index in [1.165, 1.54) is 12.8 Å². The molecule has 0 amide bonds. The lowest BCUT2D eigenvalue weighted by Gasteiger charge is -2.69. The van der Waals surface area contributed by atoms with Crippen molar-refractivity contribution in [3.05, 3.63) is 0 Å². The molecular weight excluding hydrogens is 262 g/mol. The van der Waals surface area contributed by atoms with Crippen LogP contribution in [0.15, 0.2) is 0 Å². The highest BCUT2D eigenvalue weighted by molar-refractivity contribution is 5.17. The van der Waals surface area contributed by atoms with Crippen molar-refractivity contribution >= 4 is 0 Å². The average molecular weight is 293 g/mol. The lowest BCUT2D eigenvalue weighted by Crippen LogP contribution is -2.69. The first kappa shape index (κ1) is 14.5. The molecule has 0 aromatic carbocycles. The molecule has 4 N–H and O–H groups in total. The molecule has 5 rings (SSSR count). The number of hydrogen-bond donors (Lipinski definition) is 3. The fourth-order valence-electron chi connectivity index (χ4n) is 7.36. The van der Waals surface area contributed by atoms with Crippen LogP contribution >= 0.6 is 0 Å². The Hall–Kier alpha value is -0.120. The molecule has 0 heterocycles. The van der Waals surface area contributed by atoms with E-state index in [-0.39, 0.29) is 16.4 Å². The van der Waals surface area contributed by atoms with Crippen molar-refractivity contribution in [3.63, 3.8) is 0 Å². The van der Waals surface area contributed by atoms with Crippen molar-refractivity contribution in [2.45, 2.75) is 83.0 Å². The second-order valence-electron chi connectivity index (χ2n) is 9.21. The molecule has 5 aliphatic carbocycles. The first-order valence-electron chi connectivity index (χ1n) is 8.96. The van der Waals surface area contributed by atoms with Crippen LogP contribution < -0.4 is 5.73 Å². The summed E-state index contributed by atoms with van der Waals surface area (Å²) in [6, 6.07) is 0. The second-order valence-corrected chi connectivity index (χ2v) is 9.21. The summed E-state index contributed by atoms with van der Waals surface area (Å²) in [6.45, 7) is 4.70. The minimum absolute atomic E-state index is 0.0210. The van der Waals surface area contributed by atoms with Gasteiger partial charge in [-0.25, -0.2) is 0 Å². The SMILES string of the molecule is CC1(N)CCCC2(C)C1CCC13CCC(CC21)C(O)C3O. The van der Waals surface area contributed by atoms with Crippen molar-refractivity contribution in [2.75, 3.05) is 0 Å². The standard InChI is InChI=1S/C18H31NO2/c1-16-6-3-7-17(2,19)12(16)5-9-18-8-4-11(10-13(16)18)14(20)15(18)21/h11-15,20-21H,3-10,19H2,1-2H3. The normalized spacial score (nSPS) is 63.0. The number of nitrogens with two attached hydrogens (primary N) is 1. The summed E-state index contributed by atoms with van der Waals surface area (Å²) in [4.78, 5) is 0. The number of aliphatic hydroxyl groups is 2. The van der Waals surface area contributed by atoms with Gasteiger partial charge in [0.15, 0.2) is 0 Å². The number of aliphatic hydroxyl groups excluding tert-OH is 2. The van der Waals surface area contributed by atoms with Crippen LogP contribution in [-0.2, 0) is 0 Å². The maximum Gasteiger partial charge on any atom is 0.0860 e. The van der Waals surface area contributed by atoms with E-state index in [0.29, 0.717) is 17.8 Å². The first-order valence-corrected chi connectivity index (χ1v) is 8.96. The molecule has 8 unspecified atom stereocenters. The van der Waals surface area contributed by atoms with Gasteiger partial charge in [-0.3, -0.25) is 0 Å². The predicted octanol–water partition coefficient (Wildman–Crippen LogP) is 2.44. The van der Waals surface area contributed by atoms with Crippen molar-refractivity contribution in [1.82, 2.24) is 0 Å². The molecule has 0 aromatic rings. The van der Waals surface area contributed by atoms with Crippen molar-refractivity contribution in [2.24, 2.45) is 34.3 Å². The maximum atomic E-state index is 10.8. The Labute approximate surface area is 128 Å². The van der Waals surface area contributed by atoms with Gasteiger partial charge in [-0.05, 0) is 75.0 Å². The lowest BCUT2D eigenvalue weighted by atomic mass is 9.37. The zero-order valence-electron chi connectivity index (χ0n) is 13.5. The first-order chi connectivity index (χ1) is 9.81. The van der Waals surface area contributed by atoms with E-state index >= 15 is 0 Å². The van der Waals surface area contributed by atoms with Gasteiger partial charge in [0.05, 0.1) is 12.2 Å². The fraction of sp³-hybridized carbons (Fsp3) is 1.00. The van der Waals surface area contributed by atoms with E-state index in [0.717, 1.165) is 38.5 Å². The largest absolute Gasteiger partial charge is 0.390 e. The van der Waals surface area contributed by atoms with Crippen molar-refractivity contribution < 1.29 is 10.2 Å². The number of rotatable bonds is 0. The molecule has 5 fully saturated rings. The zero-order valence-corrected chi connectivity index (χ0v) is 13.5. The van der Waals surface area contributed by atoms with Crippen molar-refractivity contribution in [1.29, 1.82) is 0 Å². The molecule has 0 saturated heterocycles. The monoisotopic (exact) mass is 293 g/mol. The summed E-state index contributed by atoms with van der Waals surface area (Å²) >= 11 is 0. The predicted molar refractivity (Wildman–Crippen MR) is 82.6 cm³/mol. The van der Waals surface area contributed by atoms with E-state index in [9.17, 15) is 10.2 Å². The van der Waals surface area contributed by atoms with Crippen LogP contribution in [0.25, 0.3) is 0 Å². The molecule has 5 aliphatic rings. The highest BCUT2D eigenvalue weighted by Gasteiger charge is 2.67. The Morgan fingerprint density at radius 1 is 0.952 bits per heavy atom. The molecule has 2 bridgehead atoms. The van der Waals surface area contributed by atoms with Gasteiger partial charge < -0.3 is 15.9 Å². The third kappa shape index (κ3) is 1.66. The Morgan fingerprint density at radius 2 is 1.67 bits per heavy atom. The summed E-state index contributed by atoms with van der Waals surface area (Å²) in [7, 11) is 0. The van der Waals surface area contributed by atoms with Crippen LogP contribution in [0.3, 0.4) is 0 Å². The van der Waals surface area contributed by atoms with Crippen LogP contribution in [0.2, 0.25) is 0 Å². The van der Waals surface area contributed by atoms with Gasteiger partial charge >= 0.3 is 0 Å². The Bertz CT molecular complexity index is 450. The number of hydrogen-bond acceptors (Lipinski definition) is 3. The quantitative estimate of drug-likeness (QED) is 0.642. The molecule has 0 radical (unpaired) electrons. The molecule has 5 saturated carbocycles. The Kier molecular flexibility index (Phi) is 2.92. The zero-order chi connectivity index (χ0) is 15.0. The van der Waals surface area contributed by atoms with Crippen LogP contribution in [0.4, 0.5) is 0 Å². The smallest absolute Gasteiger partial charge is 0.0860 e. The molecule has 3 nitrogen and oxygen atoms in total. The van der Waals surface area contributed by atoms with Crippen LogP contribution in [0.5, 0.6) is 0 Å². The molecule has 3 heteroatoms. The molecule has 8 atom stereocenters. The van der Waals surface area contributed by atoms with Gasteiger partial charge in [0.2, 0.25) is 0 Å². The van der Waals surface area contributed by atoms with Crippen molar-refractivity contribution in [3.8, 4) is 0 Å².